The first-order chi connectivity index (χ1) is 9.54. The Morgan fingerprint density at radius 1 is 1.25 bits per heavy atom. The van der Waals surface area contributed by atoms with Crippen LogP contribution in [-0.4, -0.2) is 16.1 Å². The van der Waals surface area contributed by atoms with E-state index in [4.69, 9.17) is 10.8 Å². The van der Waals surface area contributed by atoms with Crippen molar-refractivity contribution in [3.8, 4) is 10.6 Å². The van der Waals surface area contributed by atoms with Crippen molar-refractivity contribution in [2.24, 2.45) is 0 Å². The van der Waals surface area contributed by atoms with Gasteiger partial charge < -0.3 is 10.8 Å². The smallest absolute Gasteiger partial charge is 0.335 e. The minimum atomic E-state index is -0.937. The summed E-state index contributed by atoms with van der Waals surface area (Å²) in [6, 6.07) is 10.3. The Bertz CT molecular complexity index is 771. The topological polar surface area (TPSA) is 76.2 Å². The fourth-order valence-electron chi connectivity index (χ4n) is 1.86. The number of thiazole rings is 1. The number of fused-ring (bicyclic) bond motifs is 1. The molecule has 4 nitrogen and oxygen atoms in total. The molecule has 100 valence electrons. The van der Waals surface area contributed by atoms with Gasteiger partial charge in [0.1, 0.15) is 5.01 Å². The molecule has 0 radical (unpaired) electrons. The number of hydrogen-bond donors (Lipinski definition) is 3. The third-order valence-corrected chi connectivity index (χ3v) is 4.37. The molecule has 0 aliphatic carbocycles. The van der Waals surface area contributed by atoms with Gasteiger partial charge in [-0.2, -0.15) is 0 Å². The number of aromatic nitrogens is 1. The molecule has 2 aromatic carbocycles. The Labute approximate surface area is 124 Å². The van der Waals surface area contributed by atoms with Gasteiger partial charge in [-0.15, -0.1) is 24.0 Å². The molecule has 0 unspecified atom stereocenters. The number of carbonyl (C=O) groups is 1. The van der Waals surface area contributed by atoms with Crippen molar-refractivity contribution in [3.63, 3.8) is 0 Å². The predicted molar refractivity (Wildman–Crippen MR) is 83.7 cm³/mol. The van der Waals surface area contributed by atoms with Crippen LogP contribution < -0.4 is 5.73 Å². The van der Waals surface area contributed by atoms with Gasteiger partial charge in [0.2, 0.25) is 0 Å². The first-order valence-electron chi connectivity index (χ1n) is 5.77. The summed E-state index contributed by atoms with van der Waals surface area (Å²) in [5.41, 5.74) is 8.43. The maximum absolute atomic E-state index is 10.8. The molecule has 3 rings (SSSR count). The highest BCUT2D eigenvalue weighted by atomic mass is 32.1. The summed E-state index contributed by atoms with van der Waals surface area (Å²) < 4.78 is 0.984. The zero-order valence-electron chi connectivity index (χ0n) is 10.2. The molecule has 0 bridgehead atoms. The van der Waals surface area contributed by atoms with Crippen LogP contribution in [0.3, 0.4) is 0 Å². The molecule has 6 heteroatoms. The third kappa shape index (κ3) is 2.23. The van der Waals surface area contributed by atoms with Crippen LogP contribution in [0.1, 0.15) is 10.4 Å². The summed E-state index contributed by atoms with van der Waals surface area (Å²) >= 11 is 5.80. The predicted octanol–water partition coefficient (Wildman–Crippen LogP) is 3.53. The van der Waals surface area contributed by atoms with Crippen molar-refractivity contribution in [3.05, 3.63) is 42.0 Å². The van der Waals surface area contributed by atoms with Crippen LogP contribution in [0.25, 0.3) is 20.8 Å². The van der Waals surface area contributed by atoms with Gasteiger partial charge in [0.15, 0.2) is 0 Å². The molecule has 0 aliphatic heterocycles. The SMILES string of the molecule is Nc1cc2sc(-c3ccc(C(=O)O)cc3)nc2cc1S. The Kier molecular flexibility index (Phi) is 3.11. The van der Waals surface area contributed by atoms with E-state index in [1.165, 1.54) is 11.3 Å². The third-order valence-electron chi connectivity index (χ3n) is 2.92. The summed E-state index contributed by atoms with van der Waals surface area (Å²) in [6.45, 7) is 0. The molecule has 0 saturated heterocycles. The summed E-state index contributed by atoms with van der Waals surface area (Å²) in [7, 11) is 0. The summed E-state index contributed by atoms with van der Waals surface area (Å²) in [6.07, 6.45) is 0. The number of nitrogen functional groups attached to an aromatic ring is 1. The van der Waals surface area contributed by atoms with Crippen LogP contribution >= 0.6 is 24.0 Å². The highest BCUT2D eigenvalue weighted by molar-refractivity contribution is 7.80. The molecule has 0 saturated carbocycles. The Hall–Kier alpha value is -2.05. The van der Waals surface area contributed by atoms with E-state index in [0.29, 0.717) is 10.6 Å². The van der Waals surface area contributed by atoms with Crippen molar-refractivity contribution in [2.75, 3.05) is 5.73 Å². The lowest BCUT2D eigenvalue weighted by atomic mass is 10.1. The molecule has 0 fully saturated rings. The number of benzene rings is 2. The molecule has 0 amide bonds. The van der Waals surface area contributed by atoms with Gasteiger partial charge in [0.25, 0.3) is 0 Å². The average Bonchev–Trinajstić information content (AvgIpc) is 2.82. The second-order valence-electron chi connectivity index (χ2n) is 4.28. The number of nitrogens with zero attached hydrogens (tertiary/aromatic N) is 1. The number of aromatic carboxylic acids is 1. The van der Waals surface area contributed by atoms with Gasteiger partial charge in [-0.05, 0) is 24.3 Å². The molecule has 20 heavy (non-hydrogen) atoms. The molecule has 0 aliphatic rings. The highest BCUT2D eigenvalue weighted by Crippen LogP contribution is 2.33. The fraction of sp³-hybridized carbons (Fsp3) is 0. The molecule has 0 atom stereocenters. The van der Waals surface area contributed by atoms with E-state index >= 15 is 0 Å². The van der Waals surface area contributed by atoms with E-state index in [2.05, 4.69) is 17.6 Å². The van der Waals surface area contributed by atoms with E-state index in [9.17, 15) is 4.79 Å². The Morgan fingerprint density at radius 3 is 2.60 bits per heavy atom. The van der Waals surface area contributed by atoms with Crippen LogP contribution in [0.4, 0.5) is 5.69 Å². The van der Waals surface area contributed by atoms with Gasteiger partial charge in [-0.1, -0.05) is 12.1 Å². The first kappa shape index (κ1) is 13.0. The normalized spacial score (nSPS) is 10.8. The number of carboxylic acids is 1. The maximum Gasteiger partial charge on any atom is 0.335 e. The second-order valence-corrected chi connectivity index (χ2v) is 5.79. The number of anilines is 1. The van der Waals surface area contributed by atoms with Gasteiger partial charge in [-0.3, -0.25) is 0 Å². The van der Waals surface area contributed by atoms with Crippen molar-refractivity contribution in [1.82, 2.24) is 4.98 Å². The molecular formula is C14H10N2O2S2. The average molecular weight is 302 g/mol. The van der Waals surface area contributed by atoms with Crippen molar-refractivity contribution >= 4 is 45.8 Å². The van der Waals surface area contributed by atoms with Crippen LogP contribution in [0.2, 0.25) is 0 Å². The molecular weight excluding hydrogens is 292 g/mol. The molecule has 1 heterocycles. The van der Waals surface area contributed by atoms with Gasteiger partial charge in [-0.25, -0.2) is 9.78 Å². The Morgan fingerprint density at radius 2 is 1.95 bits per heavy atom. The Balaban J connectivity index is 2.07. The minimum absolute atomic E-state index is 0.261. The van der Waals surface area contributed by atoms with E-state index in [1.54, 1.807) is 24.3 Å². The largest absolute Gasteiger partial charge is 0.478 e. The zero-order valence-corrected chi connectivity index (χ0v) is 11.9. The van der Waals surface area contributed by atoms with Crippen LogP contribution in [-0.2, 0) is 0 Å². The quantitative estimate of drug-likeness (QED) is 0.500. The number of carboxylic acid groups (broad SMARTS) is 1. The van der Waals surface area contributed by atoms with Gasteiger partial charge in [0, 0.05) is 16.1 Å². The van der Waals surface area contributed by atoms with Crippen molar-refractivity contribution in [1.29, 1.82) is 0 Å². The molecule has 0 spiro atoms. The van der Waals surface area contributed by atoms with E-state index in [0.717, 1.165) is 20.8 Å². The van der Waals surface area contributed by atoms with E-state index < -0.39 is 5.97 Å². The maximum atomic E-state index is 10.8. The van der Waals surface area contributed by atoms with Gasteiger partial charge >= 0.3 is 5.97 Å². The standard InChI is InChI=1S/C14H10N2O2S2/c15-9-5-12-10(6-11(9)19)16-13(20-12)7-1-3-8(4-2-7)14(17)18/h1-6,19H,15H2,(H,17,18). The number of nitrogens with two attached hydrogens (primary N) is 1. The zero-order chi connectivity index (χ0) is 14.3. The molecule has 3 N–H and O–H groups in total. The molecule has 1 aromatic heterocycles. The summed E-state index contributed by atoms with van der Waals surface area (Å²) in [5.74, 6) is -0.937. The lowest BCUT2D eigenvalue weighted by molar-refractivity contribution is 0.0697. The fourth-order valence-corrected chi connectivity index (χ4v) is 3.05. The summed E-state index contributed by atoms with van der Waals surface area (Å²) in [4.78, 5) is 16.1. The lowest BCUT2D eigenvalue weighted by Crippen LogP contribution is -1.94. The number of hydrogen-bond acceptors (Lipinski definition) is 5. The number of thiol groups is 1. The number of rotatable bonds is 2. The van der Waals surface area contributed by atoms with E-state index in [-0.39, 0.29) is 5.56 Å². The monoisotopic (exact) mass is 302 g/mol. The first-order valence-corrected chi connectivity index (χ1v) is 7.04. The highest BCUT2D eigenvalue weighted by Gasteiger charge is 2.09. The van der Waals surface area contributed by atoms with Crippen LogP contribution in [0, 0.1) is 0 Å². The van der Waals surface area contributed by atoms with Crippen LogP contribution in [0.15, 0.2) is 41.3 Å². The van der Waals surface area contributed by atoms with Gasteiger partial charge in [0.05, 0.1) is 15.8 Å². The second kappa shape index (κ2) is 4.81. The molecule has 3 aromatic rings. The van der Waals surface area contributed by atoms with Crippen LogP contribution in [0.5, 0.6) is 0 Å². The van der Waals surface area contributed by atoms with Crippen molar-refractivity contribution < 1.29 is 9.90 Å². The van der Waals surface area contributed by atoms with Crippen molar-refractivity contribution in [2.45, 2.75) is 4.90 Å². The van der Waals surface area contributed by atoms with E-state index in [1.807, 2.05) is 12.1 Å². The lowest BCUT2D eigenvalue weighted by Gasteiger charge is -1.97. The summed E-state index contributed by atoms with van der Waals surface area (Å²) in [5, 5.41) is 9.72. The minimum Gasteiger partial charge on any atom is -0.478 e.